The number of amides is 4. The van der Waals surface area contributed by atoms with Crippen molar-refractivity contribution in [3.63, 3.8) is 0 Å². The van der Waals surface area contributed by atoms with Gasteiger partial charge in [-0.2, -0.15) is 0 Å². The van der Waals surface area contributed by atoms with Crippen LogP contribution in [0.1, 0.15) is 90.3 Å². The number of carbonyl (C=O) groups is 4. The number of nitrogens with zero attached hydrogens (tertiary/aromatic N) is 4. The Balaban J connectivity index is 0.895. The first kappa shape index (κ1) is 38.9. The number of aromatic hydroxyl groups is 2. The van der Waals surface area contributed by atoms with E-state index in [-0.39, 0.29) is 42.3 Å². The molecule has 4 aliphatic heterocycles. The highest BCUT2D eigenvalue weighted by atomic mass is 16.3. The van der Waals surface area contributed by atoms with Gasteiger partial charge in [0.05, 0.1) is 11.1 Å². The molecule has 3 saturated heterocycles. The standard InChI is InChI=1S/C47H51N5O6/c1-4-39(32-7-14-37(53)15-8-32)44(34-9-16-38(54)17-10-34)33-5-11-35(12-6-33)49-23-21-31(22-24-49)28-51-29(2)26-50(27-30(51)3)36-13-18-40-41(25-36)47(58)52(46(40)57)42-19-20-43(55)48-45(42)56/h5-18,25,29-31,42,53-54H,4,19-24,26-28H2,1-3H3,(H,48,55,56). The summed E-state index contributed by atoms with van der Waals surface area (Å²) in [6, 6.07) is 28.5. The quantitative estimate of drug-likeness (QED) is 0.126. The van der Waals surface area contributed by atoms with Crippen molar-refractivity contribution in [3.05, 3.63) is 119 Å². The maximum Gasteiger partial charge on any atom is 0.262 e. The van der Waals surface area contributed by atoms with Gasteiger partial charge in [0.15, 0.2) is 0 Å². The van der Waals surface area contributed by atoms with Gasteiger partial charge in [-0.25, -0.2) is 0 Å². The molecule has 0 spiro atoms. The number of hydrogen-bond acceptors (Lipinski definition) is 9. The summed E-state index contributed by atoms with van der Waals surface area (Å²) in [4.78, 5) is 59.3. The van der Waals surface area contributed by atoms with Crippen molar-refractivity contribution >= 4 is 46.1 Å². The largest absolute Gasteiger partial charge is 0.508 e. The molecule has 3 fully saturated rings. The molecule has 8 rings (SSSR count). The van der Waals surface area contributed by atoms with Crippen molar-refractivity contribution in [1.82, 2.24) is 15.1 Å². The highest BCUT2D eigenvalue weighted by Crippen LogP contribution is 2.37. The molecule has 11 nitrogen and oxygen atoms in total. The van der Waals surface area contributed by atoms with E-state index in [0.29, 0.717) is 17.0 Å². The number of hydrogen-bond donors (Lipinski definition) is 3. The topological polar surface area (TPSA) is 134 Å². The van der Waals surface area contributed by atoms with Crippen LogP contribution in [0.4, 0.5) is 11.4 Å². The molecule has 0 saturated carbocycles. The van der Waals surface area contributed by atoms with E-state index in [2.05, 4.69) is 65.1 Å². The Labute approximate surface area is 339 Å². The number of benzene rings is 4. The van der Waals surface area contributed by atoms with E-state index in [9.17, 15) is 29.4 Å². The fourth-order valence-electron chi connectivity index (χ4n) is 9.42. The number of allylic oxidation sites excluding steroid dienone is 1. The van der Waals surface area contributed by atoms with Crippen LogP contribution in [-0.4, -0.2) is 94.5 Å². The zero-order chi connectivity index (χ0) is 40.7. The van der Waals surface area contributed by atoms with E-state index in [1.165, 1.54) is 11.3 Å². The van der Waals surface area contributed by atoms with Crippen LogP contribution in [0.25, 0.3) is 11.1 Å². The summed E-state index contributed by atoms with van der Waals surface area (Å²) in [5.74, 6) is -0.917. The van der Waals surface area contributed by atoms with E-state index in [1.807, 2.05) is 30.3 Å². The van der Waals surface area contributed by atoms with Crippen molar-refractivity contribution in [3.8, 4) is 11.5 Å². The summed E-state index contributed by atoms with van der Waals surface area (Å²) in [6.07, 6.45) is 3.23. The van der Waals surface area contributed by atoms with E-state index >= 15 is 0 Å². The van der Waals surface area contributed by atoms with Gasteiger partial charge in [0.1, 0.15) is 17.5 Å². The van der Waals surface area contributed by atoms with Crippen LogP contribution in [0.15, 0.2) is 91.0 Å². The molecular formula is C47H51N5O6. The number of phenols is 2. The average molecular weight is 782 g/mol. The van der Waals surface area contributed by atoms with E-state index in [0.717, 1.165) is 84.8 Å². The molecule has 4 aromatic carbocycles. The number of piperazine rings is 1. The SMILES string of the molecule is CCC(=C(c1ccc(O)cc1)c1ccc(N2CCC(CN3C(C)CN(c4ccc5c(c4)C(=O)N(C4CCC(=O)NC4=O)C5=O)CC3C)CC2)cc1)c1ccc(O)cc1. The van der Waals surface area contributed by atoms with Crippen molar-refractivity contribution in [1.29, 1.82) is 0 Å². The summed E-state index contributed by atoms with van der Waals surface area (Å²) >= 11 is 0. The van der Waals surface area contributed by atoms with Crippen molar-refractivity contribution < 1.29 is 29.4 Å². The number of anilines is 2. The molecule has 4 heterocycles. The Morgan fingerprint density at radius 2 is 1.22 bits per heavy atom. The van der Waals surface area contributed by atoms with Gasteiger partial charge >= 0.3 is 0 Å². The monoisotopic (exact) mass is 781 g/mol. The van der Waals surface area contributed by atoms with Crippen molar-refractivity contribution in [2.75, 3.05) is 42.5 Å². The lowest BCUT2D eigenvalue weighted by molar-refractivity contribution is -0.136. The normalized spacial score (nSPS) is 22.3. The maximum absolute atomic E-state index is 13.5. The Kier molecular flexibility index (Phi) is 10.8. The summed E-state index contributed by atoms with van der Waals surface area (Å²) in [6.45, 7) is 11.2. The van der Waals surface area contributed by atoms with E-state index in [1.54, 1.807) is 36.4 Å². The lowest BCUT2D eigenvalue weighted by Gasteiger charge is -2.47. The minimum atomic E-state index is -0.977. The molecule has 3 atom stereocenters. The lowest BCUT2D eigenvalue weighted by Crippen LogP contribution is -2.58. The third kappa shape index (κ3) is 7.58. The summed E-state index contributed by atoms with van der Waals surface area (Å²) in [7, 11) is 0. The van der Waals surface area contributed by atoms with Crippen LogP contribution >= 0.6 is 0 Å². The second-order valence-corrected chi connectivity index (χ2v) is 16.3. The Morgan fingerprint density at radius 3 is 1.81 bits per heavy atom. The molecule has 58 heavy (non-hydrogen) atoms. The van der Waals surface area contributed by atoms with Crippen LogP contribution in [-0.2, 0) is 9.59 Å². The summed E-state index contributed by atoms with van der Waals surface area (Å²) < 4.78 is 0. The van der Waals surface area contributed by atoms with E-state index in [4.69, 9.17) is 0 Å². The number of nitrogens with one attached hydrogen (secondary N) is 1. The minimum absolute atomic E-state index is 0.0922. The molecule has 4 aromatic rings. The molecule has 4 amide bonds. The molecule has 4 aliphatic rings. The Hall–Kier alpha value is -5.94. The second kappa shape index (κ2) is 16.1. The van der Waals surface area contributed by atoms with Crippen LogP contribution in [0.2, 0.25) is 0 Å². The molecule has 3 N–H and O–H groups in total. The van der Waals surface area contributed by atoms with Crippen LogP contribution in [0.3, 0.4) is 0 Å². The first-order valence-electron chi connectivity index (χ1n) is 20.5. The van der Waals surface area contributed by atoms with Crippen LogP contribution in [0, 0.1) is 5.92 Å². The molecule has 0 aromatic heterocycles. The third-order valence-corrected chi connectivity index (χ3v) is 12.5. The van der Waals surface area contributed by atoms with Gasteiger partial charge in [-0.15, -0.1) is 0 Å². The molecular weight excluding hydrogens is 731 g/mol. The Morgan fingerprint density at radius 1 is 0.672 bits per heavy atom. The van der Waals surface area contributed by atoms with Gasteiger partial charge in [0, 0.05) is 62.6 Å². The summed E-state index contributed by atoms with van der Waals surface area (Å²) in [5.41, 5.74) is 8.16. The maximum atomic E-state index is 13.5. The number of imide groups is 2. The fourth-order valence-corrected chi connectivity index (χ4v) is 9.42. The van der Waals surface area contributed by atoms with Gasteiger partial charge < -0.3 is 20.0 Å². The fraction of sp³-hybridized carbons (Fsp3) is 0.362. The number of rotatable bonds is 9. The third-order valence-electron chi connectivity index (χ3n) is 12.5. The molecule has 0 radical (unpaired) electrons. The molecule has 300 valence electrons. The summed E-state index contributed by atoms with van der Waals surface area (Å²) in [5, 5.41) is 22.2. The zero-order valence-corrected chi connectivity index (χ0v) is 33.4. The number of phenolic OH excluding ortho intramolecular Hbond substituents is 2. The van der Waals surface area contributed by atoms with Crippen molar-refractivity contribution in [2.45, 2.75) is 71.0 Å². The molecule has 0 bridgehead atoms. The van der Waals surface area contributed by atoms with Gasteiger partial charge in [0.25, 0.3) is 11.8 Å². The minimum Gasteiger partial charge on any atom is -0.508 e. The first-order chi connectivity index (χ1) is 28.0. The highest BCUT2D eigenvalue weighted by Gasteiger charge is 2.45. The number of carbonyl (C=O) groups excluding carboxylic acids is 4. The van der Waals surface area contributed by atoms with Gasteiger partial charge in [-0.05, 0) is 128 Å². The molecule has 0 aliphatic carbocycles. The highest BCUT2D eigenvalue weighted by molar-refractivity contribution is 6.23. The first-order valence-corrected chi connectivity index (χ1v) is 20.5. The zero-order valence-electron chi connectivity index (χ0n) is 33.4. The molecule has 3 unspecified atom stereocenters. The smallest absolute Gasteiger partial charge is 0.262 e. The Bertz CT molecular complexity index is 2230. The lowest BCUT2D eigenvalue weighted by atomic mass is 9.88. The van der Waals surface area contributed by atoms with Crippen molar-refractivity contribution in [2.24, 2.45) is 5.92 Å². The van der Waals surface area contributed by atoms with E-state index < -0.39 is 23.8 Å². The number of fused-ring (bicyclic) bond motifs is 1. The second-order valence-electron chi connectivity index (χ2n) is 16.3. The van der Waals surface area contributed by atoms with Crippen LogP contribution in [0.5, 0.6) is 11.5 Å². The average Bonchev–Trinajstić information content (AvgIpc) is 3.47. The van der Waals surface area contributed by atoms with Gasteiger partial charge in [0.2, 0.25) is 11.8 Å². The van der Waals surface area contributed by atoms with Gasteiger partial charge in [-0.3, -0.25) is 34.3 Å². The predicted molar refractivity (Wildman–Crippen MR) is 225 cm³/mol. The number of piperidine rings is 2. The molecule has 11 heteroatoms. The van der Waals surface area contributed by atoms with Gasteiger partial charge in [-0.1, -0.05) is 43.3 Å². The predicted octanol–water partition coefficient (Wildman–Crippen LogP) is 6.68. The van der Waals surface area contributed by atoms with Crippen LogP contribution < -0.4 is 15.1 Å².